The summed E-state index contributed by atoms with van der Waals surface area (Å²) < 4.78 is 13.5. The number of hydrogen-bond acceptors (Lipinski definition) is 2. The van der Waals surface area contributed by atoms with Crippen molar-refractivity contribution in [3.05, 3.63) is 34.6 Å². The van der Waals surface area contributed by atoms with E-state index in [1.165, 1.54) is 18.2 Å². The molecule has 0 bridgehead atoms. The molecule has 78 valence electrons. The first-order valence-electron chi connectivity index (χ1n) is 4.15. The molecule has 0 radical (unpaired) electrons. The first kappa shape index (κ1) is 10.3. The van der Waals surface area contributed by atoms with E-state index < -0.39 is 17.8 Å². The van der Waals surface area contributed by atoms with Crippen LogP contribution in [0.25, 0.3) is 0 Å². The number of amides is 1. The van der Waals surface area contributed by atoms with Gasteiger partial charge in [-0.3, -0.25) is 4.79 Å². The maximum Gasteiger partial charge on any atom is 0.253 e. The van der Waals surface area contributed by atoms with Crippen molar-refractivity contribution in [1.82, 2.24) is 10.6 Å². The molecule has 1 aromatic carbocycles. The normalized spacial score (nSPS) is 20.0. The summed E-state index contributed by atoms with van der Waals surface area (Å²) >= 11 is 10.6. The minimum atomic E-state index is -0.841. The zero-order valence-electron chi connectivity index (χ0n) is 7.38. The van der Waals surface area contributed by atoms with Crippen molar-refractivity contribution in [3.8, 4) is 0 Å². The summed E-state index contributed by atoms with van der Waals surface area (Å²) in [5.74, 6) is -0.924. The van der Waals surface area contributed by atoms with Crippen LogP contribution in [-0.4, -0.2) is 11.0 Å². The Morgan fingerprint density at radius 1 is 1.47 bits per heavy atom. The molecule has 2 rings (SSSR count). The molecular weight excluding hydrogens is 239 g/mol. The van der Waals surface area contributed by atoms with Gasteiger partial charge in [-0.15, -0.1) is 0 Å². The van der Waals surface area contributed by atoms with Crippen molar-refractivity contribution in [2.24, 2.45) is 0 Å². The van der Waals surface area contributed by atoms with E-state index in [0.29, 0.717) is 0 Å². The van der Waals surface area contributed by atoms with Gasteiger partial charge in [0, 0.05) is 10.6 Å². The van der Waals surface area contributed by atoms with E-state index in [2.05, 4.69) is 10.6 Å². The van der Waals surface area contributed by atoms with Gasteiger partial charge in [-0.25, -0.2) is 4.39 Å². The van der Waals surface area contributed by atoms with Gasteiger partial charge in [-0.1, -0.05) is 17.7 Å². The van der Waals surface area contributed by atoms with Crippen molar-refractivity contribution >= 4 is 34.8 Å². The van der Waals surface area contributed by atoms with Gasteiger partial charge in [0.15, 0.2) is 5.11 Å². The third kappa shape index (κ3) is 1.80. The predicted molar refractivity (Wildman–Crippen MR) is 58.0 cm³/mol. The van der Waals surface area contributed by atoms with E-state index in [0.717, 1.165) is 0 Å². The molecule has 6 heteroatoms. The zero-order valence-corrected chi connectivity index (χ0v) is 8.95. The molecule has 1 amide bonds. The number of halogens is 2. The number of carbonyl (C=O) groups excluding carboxylic acids is 1. The van der Waals surface area contributed by atoms with Crippen LogP contribution in [0, 0.1) is 5.82 Å². The molecule has 1 saturated heterocycles. The molecule has 0 aliphatic carbocycles. The summed E-state index contributed by atoms with van der Waals surface area (Å²) in [4.78, 5) is 11.4. The molecule has 1 atom stereocenters. The molecule has 15 heavy (non-hydrogen) atoms. The SMILES string of the molecule is O=C1NC(=S)NC1c1c(F)cccc1Cl. The Morgan fingerprint density at radius 2 is 2.20 bits per heavy atom. The van der Waals surface area contributed by atoms with Crippen LogP contribution < -0.4 is 10.6 Å². The summed E-state index contributed by atoms with van der Waals surface area (Å²) in [5, 5.41) is 5.41. The Labute approximate surface area is 95.6 Å². The largest absolute Gasteiger partial charge is 0.347 e. The van der Waals surface area contributed by atoms with Gasteiger partial charge in [0.2, 0.25) is 0 Å². The standard InChI is InChI=1S/C9H6ClFN2OS/c10-4-2-1-3-5(11)6(4)7-8(14)13-9(15)12-7/h1-3,7H,(H2,12,13,14,15). The highest BCUT2D eigenvalue weighted by molar-refractivity contribution is 7.80. The van der Waals surface area contributed by atoms with E-state index in [4.69, 9.17) is 23.8 Å². The number of carbonyl (C=O) groups is 1. The van der Waals surface area contributed by atoms with E-state index in [1.807, 2.05) is 0 Å². The summed E-state index contributed by atoms with van der Waals surface area (Å²) in [6.45, 7) is 0. The topological polar surface area (TPSA) is 41.1 Å². The fourth-order valence-corrected chi connectivity index (χ4v) is 1.90. The fraction of sp³-hybridized carbons (Fsp3) is 0.111. The number of benzene rings is 1. The Kier molecular flexibility index (Phi) is 2.58. The lowest BCUT2D eigenvalue weighted by Gasteiger charge is -2.10. The number of hydrogen-bond donors (Lipinski definition) is 2. The quantitative estimate of drug-likeness (QED) is 0.736. The van der Waals surface area contributed by atoms with Gasteiger partial charge in [0.25, 0.3) is 5.91 Å². The fourth-order valence-electron chi connectivity index (χ4n) is 1.41. The van der Waals surface area contributed by atoms with E-state index in [-0.39, 0.29) is 15.7 Å². The molecule has 3 nitrogen and oxygen atoms in total. The van der Waals surface area contributed by atoms with Crippen LogP contribution in [0.1, 0.15) is 11.6 Å². The first-order chi connectivity index (χ1) is 7.09. The predicted octanol–water partition coefficient (Wildman–Crippen LogP) is 1.52. The Balaban J connectivity index is 2.46. The van der Waals surface area contributed by atoms with Gasteiger partial charge in [0.05, 0.1) is 0 Å². The van der Waals surface area contributed by atoms with Crippen LogP contribution in [0.3, 0.4) is 0 Å². The number of thiocarbonyl (C=S) groups is 1. The lowest BCUT2D eigenvalue weighted by molar-refractivity contribution is -0.120. The molecule has 1 aliphatic heterocycles. The molecule has 1 aliphatic rings. The Morgan fingerprint density at radius 3 is 2.73 bits per heavy atom. The maximum absolute atomic E-state index is 13.5. The van der Waals surface area contributed by atoms with Crippen molar-refractivity contribution in [2.45, 2.75) is 6.04 Å². The van der Waals surface area contributed by atoms with Gasteiger partial charge in [-0.2, -0.15) is 0 Å². The lowest BCUT2D eigenvalue weighted by atomic mass is 10.1. The highest BCUT2D eigenvalue weighted by Crippen LogP contribution is 2.27. The Bertz CT molecular complexity index is 431. The van der Waals surface area contributed by atoms with Crippen LogP contribution in [0.4, 0.5) is 4.39 Å². The third-order valence-corrected chi connectivity index (χ3v) is 2.61. The summed E-state index contributed by atoms with van der Waals surface area (Å²) in [7, 11) is 0. The zero-order chi connectivity index (χ0) is 11.0. The second-order valence-electron chi connectivity index (χ2n) is 3.03. The molecule has 1 aromatic rings. The van der Waals surface area contributed by atoms with Gasteiger partial charge in [-0.05, 0) is 24.4 Å². The summed E-state index contributed by atoms with van der Waals surface area (Å²) in [5.41, 5.74) is 0.122. The minimum Gasteiger partial charge on any atom is -0.347 e. The second-order valence-corrected chi connectivity index (χ2v) is 3.85. The number of rotatable bonds is 1. The van der Waals surface area contributed by atoms with Crippen LogP contribution >= 0.6 is 23.8 Å². The van der Waals surface area contributed by atoms with E-state index in [9.17, 15) is 9.18 Å². The first-order valence-corrected chi connectivity index (χ1v) is 4.93. The highest BCUT2D eigenvalue weighted by atomic mass is 35.5. The average molecular weight is 245 g/mol. The van der Waals surface area contributed by atoms with Gasteiger partial charge < -0.3 is 10.6 Å². The monoisotopic (exact) mass is 244 g/mol. The molecule has 0 spiro atoms. The van der Waals surface area contributed by atoms with Crippen LogP contribution in [0.2, 0.25) is 5.02 Å². The van der Waals surface area contributed by atoms with Crippen molar-refractivity contribution in [2.75, 3.05) is 0 Å². The van der Waals surface area contributed by atoms with Crippen LogP contribution in [0.15, 0.2) is 18.2 Å². The lowest BCUT2D eigenvalue weighted by Crippen LogP contribution is -2.22. The molecule has 1 heterocycles. The number of nitrogens with one attached hydrogen (secondary N) is 2. The maximum atomic E-state index is 13.5. The summed E-state index contributed by atoms with van der Waals surface area (Å²) in [6, 6.07) is 3.41. The smallest absolute Gasteiger partial charge is 0.253 e. The third-order valence-electron chi connectivity index (χ3n) is 2.06. The van der Waals surface area contributed by atoms with Crippen LogP contribution in [-0.2, 0) is 4.79 Å². The molecule has 1 fully saturated rings. The van der Waals surface area contributed by atoms with Crippen LogP contribution in [0.5, 0.6) is 0 Å². The molecule has 2 N–H and O–H groups in total. The summed E-state index contributed by atoms with van der Waals surface area (Å²) in [6.07, 6.45) is 0. The minimum absolute atomic E-state index is 0.122. The van der Waals surface area contributed by atoms with Gasteiger partial charge >= 0.3 is 0 Å². The van der Waals surface area contributed by atoms with Crippen molar-refractivity contribution in [3.63, 3.8) is 0 Å². The van der Waals surface area contributed by atoms with Crippen molar-refractivity contribution < 1.29 is 9.18 Å². The average Bonchev–Trinajstić information content (AvgIpc) is 2.45. The molecule has 0 aromatic heterocycles. The van der Waals surface area contributed by atoms with Gasteiger partial charge in [0.1, 0.15) is 11.9 Å². The highest BCUT2D eigenvalue weighted by Gasteiger charge is 2.32. The molecular formula is C9H6ClFN2OS. The van der Waals surface area contributed by atoms with Crippen molar-refractivity contribution in [1.29, 1.82) is 0 Å². The van der Waals surface area contributed by atoms with E-state index in [1.54, 1.807) is 0 Å². The van der Waals surface area contributed by atoms with E-state index >= 15 is 0 Å². The second kappa shape index (κ2) is 3.75. The Hall–Kier alpha value is -1.20. The molecule has 1 unspecified atom stereocenters. The molecule has 0 saturated carbocycles.